The number of carbonyl (C=O) groups excluding carboxylic acids is 3. The van der Waals surface area contributed by atoms with Crippen LogP contribution in [0.25, 0.3) is 0 Å². The molecule has 0 saturated carbocycles. The van der Waals surface area contributed by atoms with Crippen molar-refractivity contribution < 1.29 is 28.6 Å². The third kappa shape index (κ3) is 57.2. The third-order valence-corrected chi connectivity index (χ3v) is 12.8. The van der Waals surface area contributed by atoms with Crippen molar-refractivity contribution in [1.82, 2.24) is 0 Å². The van der Waals surface area contributed by atoms with Gasteiger partial charge in [-0.15, -0.1) is 0 Å². The fraction of sp³-hybridized carbons (Fsp3) is 0.712. The molecule has 412 valence electrons. The molecule has 0 aliphatic carbocycles. The SMILES string of the molecule is CC/C=C\C/C=C\C/C=C\C/C=C\C/C=C\C/C=C\C/C=C\CCCC(=O)OCC(COC(=O)CCCCCCCCCCCCCCCCC)OC(=O)CCCCCCC/C=C\CCCCCCCCC. The Morgan fingerprint density at radius 2 is 0.556 bits per heavy atom. The van der Waals surface area contributed by atoms with E-state index in [1.54, 1.807) is 0 Å². The molecule has 0 amide bonds. The summed E-state index contributed by atoms with van der Waals surface area (Å²) in [6, 6.07) is 0. The molecule has 0 aliphatic rings. The van der Waals surface area contributed by atoms with Gasteiger partial charge in [-0.05, 0) is 96.3 Å². The smallest absolute Gasteiger partial charge is 0.306 e. The molecule has 0 aliphatic heterocycles. The van der Waals surface area contributed by atoms with E-state index in [4.69, 9.17) is 14.2 Å². The largest absolute Gasteiger partial charge is 0.462 e. The van der Waals surface area contributed by atoms with Crippen molar-refractivity contribution in [2.24, 2.45) is 0 Å². The summed E-state index contributed by atoms with van der Waals surface area (Å²) < 4.78 is 16.8. The minimum atomic E-state index is -0.805. The zero-order valence-electron chi connectivity index (χ0n) is 47.2. The number of ether oxygens (including phenoxy) is 3. The number of allylic oxidation sites excluding steroid dienone is 16. The molecular weight excluding hydrogens is 889 g/mol. The molecular formula is C66H112O6. The first-order valence-corrected chi connectivity index (χ1v) is 30.2. The molecule has 0 aromatic heterocycles. The second kappa shape index (κ2) is 59.9. The Hall–Kier alpha value is -3.67. The monoisotopic (exact) mass is 1000 g/mol. The lowest BCUT2D eigenvalue weighted by atomic mass is 10.0. The Morgan fingerprint density at radius 3 is 0.917 bits per heavy atom. The number of hydrogen-bond acceptors (Lipinski definition) is 6. The van der Waals surface area contributed by atoms with Gasteiger partial charge in [0.1, 0.15) is 13.2 Å². The van der Waals surface area contributed by atoms with Crippen molar-refractivity contribution in [3.8, 4) is 0 Å². The molecule has 6 heteroatoms. The molecule has 0 heterocycles. The van der Waals surface area contributed by atoms with E-state index in [0.717, 1.165) is 103 Å². The molecule has 0 fully saturated rings. The Morgan fingerprint density at radius 1 is 0.292 bits per heavy atom. The number of rotatable bonds is 54. The highest BCUT2D eigenvalue weighted by molar-refractivity contribution is 5.71. The van der Waals surface area contributed by atoms with Crippen LogP contribution >= 0.6 is 0 Å². The standard InChI is InChI=1S/C66H112O6/c1-4-7-10-13-16-19-22-25-28-30-31-32-33-34-35-36-39-41-44-47-50-53-56-59-65(68)71-62-63(61-70-64(67)58-55-52-49-46-43-40-37-27-24-21-18-15-12-9-6-3)72-66(69)60-57-54-51-48-45-42-38-29-26-23-20-17-14-11-8-5-2/h7,10,16,19,25,28-29,31-32,34-35,38-39,41,47,50,63H,4-6,8-9,11-15,17-18,20-24,26-27,30,33,36-37,40,42-46,48-49,51-62H2,1-3H3/b10-7-,19-16-,28-25-,32-31-,35-34-,38-29-,41-39-,50-47-. The molecule has 0 N–H and O–H groups in total. The third-order valence-electron chi connectivity index (χ3n) is 12.8. The summed E-state index contributed by atoms with van der Waals surface area (Å²) in [5.41, 5.74) is 0. The minimum absolute atomic E-state index is 0.0968. The van der Waals surface area contributed by atoms with Crippen LogP contribution in [0.5, 0.6) is 0 Å². The van der Waals surface area contributed by atoms with E-state index in [9.17, 15) is 14.4 Å². The Kier molecular flexibility index (Phi) is 56.8. The van der Waals surface area contributed by atoms with Crippen LogP contribution in [-0.2, 0) is 28.6 Å². The Labute approximate surface area is 445 Å². The van der Waals surface area contributed by atoms with Crippen LogP contribution in [0.15, 0.2) is 97.2 Å². The van der Waals surface area contributed by atoms with E-state index in [0.29, 0.717) is 19.3 Å². The fourth-order valence-corrected chi connectivity index (χ4v) is 8.31. The van der Waals surface area contributed by atoms with E-state index < -0.39 is 6.10 Å². The van der Waals surface area contributed by atoms with Gasteiger partial charge in [0.2, 0.25) is 0 Å². The predicted octanol–water partition coefficient (Wildman–Crippen LogP) is 20.5. The minimum Gasteiger partial charge on any atom is -0.462 e. The van der Waals surface area contributed by atoms with Crippen LogP contribution in [0.1, 0.15) is 284 Å². The molecule has 0 aromatic rings. The highest BCUT2D eigenvalue weighted by atomic mass is 16.6. The number of hydrogen-bond donors (Lipinski definition) is 0. The van der Waals surface area contributed by atoms with Crippen LogP contribution in [0, 0.1) is 0 Å². The summed E-state index contributed by atoms with van der Waals surface area (Å²) in [7, 11) is 0. The van der Waals surface area contributed by atoms with Crippen LogP contribution < -0.4 is 0 Å². The lowest BCUT2D eigenvalue weighted by Crippen LogP contribution is -2.30. The molecule has 72 heavy (non-hydrogen) atoms. The van der Waals surface area contributed by atoms with Crippen molar-refractivity contribution in [3.05, 3.63) is 97.2 Å². The van der Waals surface area contributed by atoms with Gasteiger partial charge in [0.15, 0.2) is 6.10 Å². The highest BCUT2D eigenvalue weighted by Gasteiger charge is 2.19. The second-order valence-corrected chi connectivity index (χ2v) is 19.9. The predicted molar refractivity (Wildman–Crippen MR) is 311 cm³/mol. The molecule has 0 saturated heterocycles. The van der Waals surface area contributed by atoms with E-state index in [1.165, 1.54) is 135 Å². The zero-order chi connectivity index (χ0) is 52.2. The van der Waals surface area contributed by atoms with Crippen molar-refractivity contribution >= 4 is 17.9 Å². The molecule has 0 bridgehead atoms. The van der Waals surface area contributed by atoms with Gasteiger partial charge < -0.3 is 14.2 Å². The fourth-order valence-electron chi connectivity index (χ4n) is 8.31. The number of unbranched alkanes of at least 4 members (excludes halogenated alkanes) is 27. The molecule has 1 atom stereocenters. The first kappa shape index (κ1) is 68.3. The molecule has 0 rings (SSSR count). The van der Waals surface area contributed by atoms with Crippen LogP contribution in [0.3, 0.4) is 0 Å². The summed E-state index contributed by atoms with van der Waals surface area (Å²) in [6.45, 7) is 6.49. The lowest BCUT2D eigenvalue weighted by molar-refractivity contribution is -0.167. The first-order valence-electron chi connectivity index (χ1n) is 30.2. The first-order chi connectivity index (χ1) is 35.5. The maximum Gasteiger partial charge on any atom is 0.306 e. The molecule has 0 radical (unpaired) electrons. The average Bonchev–Trinajstić information content (AvgIpc) is 3.38. The molecule has 1 unspecified atom stereocenters. The van der Waals surface area contributed by atoms with Crippen molar-refractivity contribution in [3.63, 3.8) is 0 Å². The number of esters is 3. The average molecular weight is 1000 g/mol. The molecule has 0 spiro atoms. The lowest BCUT2D eigenvalue weighted by Gasteiger charge is -2.18. The quantitative estimate of drug-likeness (QED) is 0.0261. The summed E-state index contributed by atoms with van der Waals surface area (Å²) in [4.78, 5) is 38.2. The van der Waals surface area contributed by atoms with Gasteiger partial charge in [-0.1, -0.05) is 266 Å². The Balaban J connectivity index is 4.47. The maximum atomic E-state index is 12.9. The molecule has 6 nitrogen and oxygen atoms in total. The van der Waals surface area contributed by atoms with Crippen molar-refractivity contribution in [2.75, 3.05) is 13.2 Å². The van der Waals surface area contributed by atoms with Gasteiger partial charge in [-0.25, -0.2) is 0 Å². The van der Waals surface area contributed by atoms with Gasteiger partial charge in [0.05, 0.1) is 0 Å². The second-order valence-electron chi connectivity index (χ2n) is 19.9. The van der Waals surface area contributed by atoms with Crippen LogP contribution in [0.4, 0.5) is 0 Å². The summed E-state index contributed by atoms with van der Waals surface area (Å²) in [5.74, 6) is -0.960. The summed E-state index contributed by atoms with van der Waals surface area (Å²) >= 11 is 0. The van der Waals surface area contributed by atoms with Gasteiger partial charge in [-0.3, -0.25) is 14.4 Å². The summed E-state index contributed by atoms with van der Waals surface area (Å²) in [6.07, 6.45) is 79.8. The normalized spacial score (nSPS) is 12.8. The zero-order valence-corrected chi connectivity index (χ0v) is 47.2. The van der Waals surface area contributed by atoms with Gasteiger partial charge in [0, 0.05) is 19.3 Å². The van der Waals surface area contributed by atoms with Gasteiger partial charge >= 0.3 is 17.9 Å². The van der Waals surface area contributed by atoms with E-state index in [-0.39, 0.29) is 37.5 Å². The Bertz CT molecular complexity index is 1430. The van der Waals surface area contributed by atoms with Gasteiger partial charge in [-0.2, -0.15) is 0 Å². The topological polar surface area (TPSA) is 78.9 Å². The van der Waals surface area contributed by atoms with Crippen molar-refractivity contribution in [1.29, 1.82) is 0 Å². The van der Waals surface area contributed by atoms with E-state index in [1.807, 2.05) is 0 Å². The van der Waals surface area contributed by atoms with Gasteiger partial charge in [0.25, 0.3) is 0 Å². The summed E-state index contributed by atoms with van der Waals surface area (Å²) in [5, 5.41) is 0. The number of carbonyl (C=O) groups is 3. The van der Waals surface area contributed by atoms with E-state index in [2.05, 4.69) is 118 Å². The highest BCUT2D eigenvalue weighted by Crippen LogP contribution is 2.16. The van der Waals surface area contributed by atoms with Crippen LogP contribution in [-0.4, -0.2) is 37.2 Å². The molecule has 0 aromatic carbocycles. The van der Waals surface area contributed by atoms with Crippen LogP contribution in [0.2, 0.25) is 0 Å². The van der Waals surface area contributed by atoms with E-state index >= 15 is 0 Å². The van der Waals surface area contributed by atoms with Crippen molar-refractivity contribution in [2.45, 2.75) is 290 Å². The maximum absolute atomic E-state index is 12.9.